The van der Waals surface area contributed by atoms with E-state index in [9.17, 15) is 9.59 Å². The SMILES string of the molecule is CCN(CC)C(=O)CN(C)C(=O)c1ccoc1Br. The molecule has 0 N–H and O–H groups in total. The Bertz CT molecular complexity index is 427. The summed E-state index contributed by atoms with van der Waals surface area (Å²) in [6.07, 6.45) is 1.43. The lowest BCUT2D eigenvalue weighted by Crippen LogP contribution is -2.41. The third kappa shape index (κ3) is 3.35. The van der Waals surface area contributed by atoms with Gasteiger partial charge in [-0.3, -0.25) is 9.59 Å². The molecule has 5 nitrogen and oxygen atoms in total. The summed E-state index contributed by atoms with van der Waals surface area (Å²) in [5, 5.41) is 0. The van der Waals surface area contributed by atoms with Gasteiger partial charge in [0.05, 0.1) is 18.4 Å². The molecule has 18 heavy (non-hydrogen) atoms. The molecule has 0 spiro atoms. The highest BCUT2D eigenvalue weighted by molar-refractivity contribution is 9.10. The van der Waals surface area contributed by atoms with Gasteiger partial charge in [0.15, 0.2) is 4.67 Å². The molecule has 0 saturated carbocycles. The summed E-state index contributed by atoms with van der Waals surface area (Å²) in [6, 6.07) is 1.57. The van der Waals surface area contributed by atoms with Crippen molar-refractivity contribution in [2.24, 2.45) is 0 Å². The van der Waals surface area contributed by atoms with Crippen molar-refractivity contribution in [2.45, 2.75) is 13.8 Å². The summed E-state index contributed by atoms with van der Waals surface area (Å²) >= 11 is 3.15. The van der Waals surface area contributed by atoms with Crippen LogP contribution in [0.2, 0.25) is 0 Å². The van der Waals surface area contributed by atoms with E-state index < -0.39 is 0 Å². The normalized spacial score (nSPS) is 10.2. The first-order chi connectivity index (χ1) is 8.51. The minimum absolute atomic E-state index is 0.0598. The van der Waals surface area contributed by atoms with E-state index in [0.717, 1.165) is 0 Å². The van der Waals surface area contributed by atoms with Gasteiger partial charge in [-0.25, -0.2) is 0 Å². The van der Waals surface area contributed by atoms with E-state index in [1.165, 1.54) is 11.2 Å². The number of furan rings is 1. The minimum Gasteiger partial charge on any atom is -0.457 e. The molecule has 0 fully saturated rings. The Hall–Kier alpha value is -1.30. The fraction of sp³-hybridized carbons (Fsp3) is 0.500. The Morgan fingerprint density at radius 1 is 1.33 bits per heavy atom. The molecule has 0 bridgehead atoms. The van der Waals surface area contributed by atoms with Crippen LogP contribution in [0, 0.1) is 0 Å². The van der Waals surface area contributed by atoms with Crippen molar-refractivity contribution in [3.05, 3.63) is 22.6 Å². The highest BCUT2D eigenvalue weighted by Crippen LogP contribution is 2.18. The van der Waals surface area contributed by atoms with Gasteiger partial charge in [-0.05, 0) is 35.8 Å². The molecule has 1 heterocycles. The van der Waals surface area contributed by atoms with E-state index in [2.05, 4.69) is 15.9 Å². The van der Waals surface area contributed by atoms with Crippen LogP contribution >= 0.6 is 15.9 Å². The number of likely N-dealkylation sites (N-methyl/N-ethyl adjacent to an activating group) is 2. The van der Waals surface area contributed by atoms with Crippen LogP contribution in [0.5, 0.6) is 0 Å². The fourth-order valence-corrected chi connectivity index (χ4v) is 2.01. The maximum Gasteiger partial charge on any atom is 0.258 e. The molecule has 0 saturated heterocycles. The molecule has 100 valence electrons. The zero-order chi connectivity index (χ0) is 13.7. The van der Waals surface area contributed by atoms with Gasteiger partial charge in [0.25, 0.3) is 5.91 Å². The summed E-state index contributed by atoms with van der Waals surface area (Å²) in [6.45, 7) is 5.18. The molecule has 0 unspecified atom stereocenters. The van der Waals surface area contributed by atoms with Crippen LogP contribution in [0.15, 0.2) is 21.4 Å². The second-order valence-corrected chi connectivity index (χ2v) is 4.56. The van der Waals surface area contributed by atoms with E-state index >= 15 is 0 Å². The number of amides is 2. The lowest BCUT2D eigenvalue weighted by atomic mass is 10.3. The third-order valence-electron chi connectivity index (χ3n) is 2.68. The second kappa shape index (κ2) is 6.58. The van der Waals surface area contributed by atoms with Gasteiger partial charge in [0, 0.05) is 20.1 Å². The fourth-order valence-electron chi connectivity index (χ4n) is 1.60. The van der Waals surface area contributed by atoms with E-state index in [-0.39, 0.29) is 18.4 Å². The Morgan fingerprint density at radius 3 is 2.39 bits per heavy atom. The third-order valence-corrected chi connectivity index (χ3v) is 3.30. The molecule has 0 aliphatic heterocycles. The van der Waals surface area contributed by atoms with Crippen LogP contribution in [0.3, 0.4) is 0 Å². The molecule has 0 aliphatic rings. The summed E-state index contributed by atoms with van der Waals surface area (Å²) in [7, 11) is 1.60. The molecule has 2 amide bonds. The number of nitrogens with zero attached hydrogens (tertiary/aromatic N) is 2. The molecule has 1 aromatic rings. The standard InChI is InChI=1S/C12H17BrN2O3/c1-4-15(5-2)10(16)8-14(3)12(17)9-6-7-18-11(9)13/h6-7H,4-5,8H2,1-3H3. The molecule has 6 heteroatoms. The van der Waals surface area contributed by atoms with E-state index in [0.29, 0.717) is 23.3 Å². The Kier molecular flexibility index (Phi) is 5.40. The maximum absolute atomic E-state index is 12.0. The number of hydrogen-bond donors (Lipinski definition) is 0. The van der Waals surface area contributed by atoms with Gasteiger partial charge in [0.2, 0.25) is 5.91 Å². The van der Waals surface area contributed by atoms with Crippen molar-refractivity contribution in [3.63, 3.8) is 0 Å². The van der Waals surface area contributed by atoms with Crippen molar-refractivity contribution >= 4 is 27.7 Å². The van der Waals surface area contributed by atoms with E-state index in [4.69, 9.17) is 4.42 Å². The maximum atomic E-state index is 12.0. The van der Waals surface area contributed by atoms with Crippen LogP contribution in [-0.2, 0) is 4.79 Å². The highest BCUT2D eigenvalue weighted by Gasteiger charge is 2.20. The van der Waals surface area contributed by atoms with Crippen molar-refractivity contribution in [2.75, 3.05) is 26.7 Å². The Morgan fingerprint density at radius 2 is 1.94 bits per heavy atom. The second-order valence-electron chi connectivity index (χ2n) is 3.84. The largest absolute Gasteiger partial charge is 0.457 e. The van der Waals surface area contributed by atoms with Gasteiger partial charge in [-0.15, -0.1) is 0 Å². The van der Waals surface area contributed by atoms with Crippen molar-refractivity contribution in [1.82, 2.24) is 9.80 Å². The molecule has 0 aliphatic carbocycles. The first kappa shape index (κ1) is 14.8. The van der Waals surface area contributed by atoms with Crippen LogP contribution in [0.25, 0.3) is 0 Å². The lowest BCUT2D eigenvalue weighted by Gasteiger charge is -2.22. The quantitative estimate of drug-likeness (QED) is 0.834. The molecule has 0 radical (unpaired) electrons. The zero-order valence-corrected chi connectivity index (χ0v) is 12.4. The molecule has 0 atom stereocenters. The summed E-state index contributed by atoms with van der Waals surface area (Å²) in [5.41, 5.74) is 0.421. The smallest absolute Gasteiger partial charge is 0.258 e. The van der Waals surface area contributed by atoms with Gasteiger partial charge < -0.3 is 14.2 Å². The van der Waals surface area contributed by atoms with Crippen molar-refractivity contribution in [1.29, 1.82) is 0 Å². The number of carbonyl (C=O) groups excluding carboxylic acids is 2. The van der Waals surface area contributed by atoms with E-state index in [1.807, 2.05) is 13.8 Å². The number of halogens is 1. The molecular formula is C12H17BrN2O3. The van der Waals surface area contributed by atoms with Gasteiger partial charge in [-0.1, -0.05) is 0 Å². The average Bonchev–Trinajstić information content (AvgIpc) is 2.76. The van der Waals surface area contributed by atoms with Gasteiger partial charge in [0.1, 0.15) is 0 Å². The molecule has 1 aromatic heterocycles. The monoisotopic (exact) mass is 316 g/mol. The van der Waals surface area contributed by atoms with Crippen LogP contribution in [0.1, 0.15) is 24.2 Å². The molecule has 1 rings (SSSR count). The first-order valence-electron chi connectivity index (χ1n) is 5.77. The van der Waals surface area contributed by atoms with Crippen LogP contribution < -0.4 is 0 Å². The van der Waals surface area contributed by atoms with Gasteiger partial charge in [-0.2, -0.15) is 0 Å². The van der Waals surface area contributed by atoms with Crippen molar-refractivity contribution < 1.29 is 14.0 Å². The van der Waals surface area contributed by atoms with Crippen molar-refractivity contribution in [3.8, 4) is 0 Å². The van der Waals surface area contributed by atoms with Crippen LogP contribution in [-0.4, -0.2) is 48.3 Å². The molecular weight excluding hydrogens is 300 g/mol. The number of carbonyl (C=O) groups is 2. The highest BCUT2D eigenvalue weighted by atomic mass is 79.9. The predicted octanol–water partition coefficient (Wildman–Crippen LogP) is 1.98. The van der Waals surface area contributed by atoms with Gasteiger partial charge >= 0.3 is 0 Å². The lowest BCUT2D eigenvalue weighted by molar-refractivity contribution is -0.131. The predicted molar refractivity (Wildman–Crippen MR) is 71.3 cm³/mol. The minimum atomic E-state index is -0.240. The summed E-state index contributed by atoms with van der Waals surface area (Å²) in [4.78, 5) is 27.0. The Labute approximate surface area is 115 Å². The average molecular weight is 317 g/mol. The zero-order valence-electron chi connectivity index (χ0n) is 10.8. The first-order valence-corrected chi connectivity index (χ1v) is 6.56. The number of hydrogen-bond acceptors (Lipinski definition) is 3. The number of rotatable bonds is 5. The van der Waals surface area contributed by atoms with E-state index in [1.54, 1.807) is 18.0 Å². The molecule has 0 aromatic carbocycles. The summed E-state index contributed by atoms with van der Waals surface area (Å²) < 4.78 is 5.39. The Balaban J connectivity index is 2.66. The topological polar surface area (TPSA) is 53.8 Å². The van der Waals surface area contributed by atoms with Crippen LogP contribution in [0.4, 0.5) is 0 Å². The summed E-state index contributed by atoms with van der Waals surface area (Å²) in [5.74, 6) is -0.299.